The predicted molar refractivity (Wildman–Crippen MR) is 80.0 cm³/mol. The van der Waals surface area contributed by atoms with Crippen molar-refractivity contribution in [3.05, 3.63) is 22.4 Å². The molecule has 112 valence electrons. The molecule has 0 spiro atoms. The number of carboxylic acids is 1. The van der Waals surface area contributed by atoms with Crippen LogP contribution in [0.15, 0.2) is 17.5 Å². The number of urea groups is 1. The van der Waals surface area contributed by atoms with Crippen molar-refractivity contribution < 1.29 is 14.7 Å². The number of thiophene rings is 1. The molecule has 1 rings (SSSR count). The number of likely N-dealkylation sites (N-methyl/N-ethyl adjacent to an activating group) is 1. The molecule has 0 aliphatic carbocycles. The summed E-state index contributed by atoms with van der Waals surface area (Å²) < 4.78 is 0. The second kappa shape index (κ2) is 6.74. The van der Waals surface area contributed by atoms with Gasteiger partial charge in [0.25, 0.3) is 0 Å². The summed E-state index contributed by atoms with van der Waals surface area (Å²) in [7, 11) is 1.50. The van der Waals surface area contributed by atoms with Crippen molar-refractivity contribution in [2.24, 2.45) is 0 Å². The molecule has 1 aromatic heterocycles. The van der Waals surface area contributed by atoms with Crippen LogP contribution in [0.5, 0.6) is 0 Å². The number of hydrogen-bond acceptors (Lipinski definition) is 3. The Labute approximate surface area is 123 Å². The summed E-state index contributed by atoms with van der Waals surface area (Å²) in [5.41, 5.74) is -1.24. The highest BCUT2D eigenvalue weighted by molar-refractivity contribution is 7.10. The van der Waals surface area contributed by atoms with E-state index in [1.54, 1.807) is 11.3 Å². The molecular formula is C14H22N2O3S. The molecule has 0 radical (unpaired) electrons. The Morgan fingerprint density at radius 1 is 1.50 bits per heavy atom. The second-order valence-electron chi connectivity index (χ2n) is 5.23. The number of nitrogens with zero attached hydrogens (tertiary/aromatic N) is 1. The summed E-state index contributed by atoms with van der Waals surface area (Å²) in [4.78, 5) is 25.7. The largest absolute Gasteiger partial charge is 0.480 e. The van der Waals surface area contributed by atoms with Crippen LogP contribution in [0.4, 0.5) is 4.79 Å². The van der Waals surface area contributed by atoms with Crippen molar-refractivity contribution in [2.75, 3.05) is 7.05 Å². The van der Waals surface area contributed by atoms with Crippen molar-refractivity contribution in [1.29, 1.82) is 0 Å². The van der Waals surface area contributed by atoms with Gasteiger partial charge in [-0.3, -0.25) is 0 Å². The normalized spacial score (nSPS) is 12.8. The number of hydrogen-bond donors (Lipinski definition) is 2. The smallest absolute Gasteiger partial charge is 0.329 e. The fraction of sp³-hybridized carbons (Fsp3) is 0.571. The lowest BCUT2D eigenvalue weighted by Crippen LogP contribution is -2.54. The first-order valence-corrected chi connectivity index (χ1v) is 7.49. The van der Waals surface area contributed by atoms with Gasteiger partial charge in [-0.15, -0.1) is 11.3 Å². The van der Waals surface area contributed by atoms with Crippen molar-refractivity contribution in [2.45, 2.75) is 45.2 Å². The zero-order chi connectivity index (χ0) is 15.3. The number of carbonyl (C=O) groups is 2. The summed E-state index contributed by atoms with van der Waals surface area (Å²) in [6.45, 7) is 5.07. The van der Waals surface area contributed by atoms with Crippen LogP contribution in [-0.4, -0.2) is 34.6 Å². The van der Waals surface area contributed by atoms with E-state index in [0.29, 0.717) is 0 Å². The molecule has 1 aromatic rings. The van der Waals surface area contributed by atoms with E-state index < -0.39 is 11.5 Å². The monoisotopic (exact) mass is 298 g/mol. The van der Waals surface area contributed by atoms with Gasteiger partial charge in [0, 0.05) is 11.9 Å². The third kappa shape index (κ3) is 3.72. The van der Waals surface area contributed by atoms with Crippen LogP contribution in [-0.2, 0) is 4.79 Å². The summed E-state index contributed by atoms with van der Waals surface area (Å²) in [6, 6.07) is 3.48. The fourth-order valence-electron chi connectivity index (χ4n) is 1.71. The molecule has 6 heteroatoms. The molecule has 0 saturated heterocycles. The SMILES string of the molecule is CCCC(NC(=O)N(C)C(C)(C)C(=O)O)c1cccs1. The fourth-order valence-corrected chi connectivity index (χ4v) is 2.52. The lowest BCUT2D eigenvalue weighted by molar-refractivity contribution is -0.146. The van der Waals surface area contributed by atoms with E-state index in [1.165, 1.54) is 25.8 Å². The third-order valence-corrected chi connectivity index (χ3v) is 4.41. The van der Waals surface area contributed by atoms with E-state index in [4.69, 9.17) is 5.11 Å². The minimum atomic E-state index is -1.24. The van der Waals surface area contributed by atoms with E-state index in [2.05, 4.69) is 12.2 Å². The number of aliphatic carboxylic acids is 1. The first kappa shape index (κ1) is 16.5. The Morgan fingerprint density at radius 3 is 2.60 bits per heavy atom. The topological polar surface area (TPSA) is 69.6 Å². The van der Waals surface area contributed by atoms with Crippen molar-refractivity contribution in [1.82, 2.24) is 10.2 Å². The van der Waals surface area contributed by atoms with E-state index in [-0.39, 0.29) is 12.1 Å². The molecule has 0 bridgehead atoms. The Hall–Kier alpha value is -1.56. The molecule has 2 amide bonds. The molecule has 0 aliphatic heterocycles. The van der Waals surface area contributed by atoms with Gasteiger partial charge in [0.15, 0.2) is 0 Å². The number of carboxylic acid groups (broad SMARTS) is 1. The lowest BCUT2D eigenvalue weighted by Gasteiger charge is -2.33. The van der Waals surface area contributed by atoms with E-state index in [1.807, 2.05) is 17.5 Å². The zero-order valence-corrected chi connectivity index (χ0v) is 13.2. The van der Waals surface area contributed by atoms with Crippen molar-refractivity contribution in [3.8, 4) is 0 Å². The molecule has 0 aliphatic rings. The maximum absolute atomic E-state index is 12.2. The van der Waals surface area contributed by atoms with Gasteiger partial charge in [-0.05, 0) is 31.7 Å². The molecule has 20 heavy (non-hydrogen) atoms. The lowest BCUT2D eigenvalue weighted by atomic mass is 10.0. The molecular weight excluding hydrogens is 276 g/mol. The van der Waals surface area contributed by atoms with Crippen LogP contribution >= 0.6 is 11.3 Å². The highest BCUT2D eigenvalue weighted by Crippen LogP contribution is 2.24. The number of nitrogens with one attached hydrogen (secondary N) is 1. The maximum Gasteiger partial charge on any atom is 0.329 e. The summed E-state index contributed by atoms with van der Waals surface area (Å²) in [5, 5.41) is 14.0. The van der Waals surface area contributed by atoms with Gasteiger partial charge in [-0.1, -0.05) is 19.4 Å². The van der Waals surface area contributed by atoms with Crippen LogP contribution in [0.2, 0.25) is 0 Å². The quantitative estimate of drug-likeness (QED) is 0.848. The average molecular weight is 298 g/mol. The van der Waals surface area contributed by atoms with E-state index >= 15 is 0 Å². The Kier molecular flexibility index (Phi) is 5.56. The standard InChI is InChI=1S/C14H22N2O3S/c1-5-7-10(11-8-6-9-20-11)15-13(19)16(4)14(2,3)12(17)18/h6,8-10H,5,7H2,1-4H3,(H,15,19)(H,17,18). The van der Waals surface area contributed by atoms with E-state index in [9.17, 15) is 9.59 Å². The molecule has 0 saturated carbocycles. The number of carbonyl (C=O) groups excluding carboxylic acids is 1. The minimum Gasteiger partial charge on any atom is -0.480 e. The van der Waals surface area contributed by atoms with Gasteiger partial charge < -0.3 is 15.3 Å². The minimum absolute atomic E-state index is 0.0699. The van der Waals surface area contributed by atoms with Crippen LogP contribution in [0.1, 0.15) is 44.5 Å². The van der Waals surface area contributed by atoms with Gasteiger partial charge in [0.2, 0.25) is 0 Å². The van der Waals surface area contributed by atoms with Gasteiger partial charge in [0.05, 0.1) is 6.04 Å². The molecule has 1 heterocycles. The molecule has 1 atom stereocenters. The van der Waals surface area contributed by atoms with Crippen molar-refractivity contribution in [3.63, 3.8) is 0 Å². The van der Waals surface area contributed by atoms with E-state index in [0.717, 1.165) is 17.7 Å². The van der Waals surface area contributed by atoms with Crippen LogP contribution in [0, 0.1) is 0 Å². The average Bonchev–Trinajstić information content (AvgIpc) is 2.90. The van der Waals surface area contributed by atoms with Gasteiger partial charge in [-0.25, -0.2) is 9.59 Å². The van der Waals surface area contributed by atoms with Gasteiger partial charge in [0.1, 0.15) is 5.54 Å². The summed E-state index contributed by atoms with van der Waals surface area (Å²) >= 11 is 1.59. The van der Waals surface area contributed by atoms with Gasteiger partial charge in [-0.2, -0.15) is 0 Å². The van der Waals surface area contributed by atoms with Crippen LogP contribution < -0.4 is 5.32 Å². The number of rotatable bonds is 6. The summed E-state index contributed by atoms with van der Waals surface area (Å²) in [6.07, 6.45) is 1.77. The Morgan fingerprint density at radius 2 is 2.15 bits per heavy atom. The van der Waals surface area contributed by atoms with Crippen molar-refractivity contribution >= 4 is 23.3 Å². The molecule has 5 nitrogen and oxygen atoms in total. The third-order valence-electron chi connectivity index (χ3n) is 3.43. The molecule has 0 aromatic carbocycles. The Balaban J connectivity index is 2.79. The summed E-state index contributed by atoms with van der Waals surface area (Å²) in [5.74, 6) is -1.03. The van der Waals surface area contributed by atoms with Crippen LogP contribution in [0.3, 0.4) is 0 Å². The highest BCUT2D eigenvalue weighted by Gasteiger charge is 2.35. The highest BCUT2D eigenvalue weighted by atomic mass is 32.1. The maximum atomic E-state index is 12.2. The first-order valence-electron chi connectivity index (χ1n) is 6.61. The second-order valence-corrected chi connectivity index (χ2v) is 6.21. The van der Waals surface area contributed by atoms with Crippen LogP contribution in [0.25, 0.3) is 0 Å². The molecule has 0 fully saturated rings. The predicted octanol–water partition coefficient (Wildman–Crippen LogP) is 3.09. The molecule has 2 N–H and O–H groups in total. The van der Waals surface area contributed by atoms with Gasteiger partial charge >= 0.3 is 12.0 Å². The first-order chi connectivity index (χ1) is 9.30. The molecule has 1 unspecified atom stereocenters. The number of amides is 2. The Bertz CT molecular complexity index is 457. The zero-order valence-electron chi connectivity index (χ0n) is 12.3.